The van der Waals surface area contributed by atoms with E-state index in [0.29, 0.717) is 117 Å². The highest BCUT2D eigenvalue weighted by Gasteiger charge is 2.65. The molecule has 0 radical (unpaired) electrons. The lowest BCUT2D eigenvalue weighted by atomic mass is 9.91. The highest BCUT2D eigenvalue weighted by Crippen LogP contribution is 2.60. The number of thiazole rings is 2. The van der Waals surface area contributed by atoms with Gasteiger partial charge in [0, 0.05) is 65.5 Å². The first-order valence-corrected chi connectivity index (χ1v) is 49.2. The third-order valence-corrected chi connectivity index (χ3v) is 32.5. The number of nitrogens with zero attached hydrogens (tertiary/aromatic N) is 6. The molecule has 8 aliphatic rings. The van der Waals surface area contributed by atoms with Gasteiger partial charge in [0.1, 0.15) is 68.8 Å². The first kappa shape index (κ1) is 93.8. The maximum absolute atomic E-state index is 14.9. The number of esters is 1. The van der Waals surface area contributed by atoms with Gasteiger partial charge in [-0.25, -0.2) is 45.6 Å². The van der Waals surface area contributed by atoms with E-state index in [4.69, 9.17) is 38.9 Å². The molecular formula is C96H116F2N10O16S4. The Hall–Kier alpha value is -10.3. The van der Waals surface area contributed by atoms with Gasteiger partial charge in [-0.3, -0.25) is 43.0 Å². The van der Waals surface area contributed by atoms with Crippen molar-refractivity contribution in [1.29, 1.82) is 0 Å². The molecule has 8 aromatic rings. The Morgan fingerprint density at radius 2 is 0.961 bits per heavy atom. The number of rotatable bonds is 21. The summed E-state index contributed by atoms with van der Waals surface area (Å²) in [6, 6.07) is 19.8. The van der Waals surface area contributed by atoms with Gasteiger partial charge in [-0.2, -0.15) is 0 Å². The second-order valence-electron chi connectivity index (χ2n) is 36.5. The maximum atomic E-state index is 14.9. The summed E-state index contributed by atoms with van der Waals surface area (Å²) in [7, 11) is -4.69. The average molecular weight is 1830 g/mol. The third kappa shape index (κ3) is 20.8. The Morgan fingerprint density at radius 1 is 0.555 bits per heavy atom. The number of hydrogen-bond donors (Lipinski definition) is 4. The summed E-state index contributed by atoms with van der Waals surface area (Å²) in [5, 5.41) is 15.2. The number of hydrogen-bond acceptors (Lipinski definition) is 24. The molecule has 4 aliphatic heterocycles. The summed E-state index contributed by atoms with van der Waals surface area (Å²) in [6.07, 6.45) is 15.8. The molecule has 4 amide bonds. The first-order chi connectivity index (χ1) is 61.0. The van der Waals surface area contributed by atoms with Crippen LogP contribution in [0.5, 0.6) is 23.3 Å². The number of aryl methyl sites for hydroxylation is 2. The van der Waals surface area contributed by atoms with E-state index in [0.717, 1.165) is 92.6 Å². The van der Waals surface area contributed by atoms with Crippen LogP contribution >= 0.6 is 22.7 Å². The zero-order valence-electron chi connectivity index (χ0n) is 74.7. The van der Waals surface area contributed by atoms with Gasteiger partial charge in [-0.15, -0.1) is 22.7 Å². The monoisotopic (exact) mass is 1830 g/mol. The Balaban J connectivity index is 0.000000195. The normalized spacial score (nSPS) is 25.0. The van der Waals surface area contributed by atoms with Crippen LogP contribution in [0.25, 0.3) is 42.9 Å². The number of carbonyl (C=O) groups excluding carboxylic acids is 7. The molecule has 128 heavy (non-hydrogen) atoms. The van der Waals surface area contributed by atoms with Crippen molar-refractivity contribution in [1.82, 2.24) is 39.2 Å². The lowest BCUT2D eigenvalue weighted by Gasteiger charge is -2.30. The summed E-state index contributed by atoms with van der Waals surface area (Å²) in [5.74, 6) is -2.02. The number of Topliss-reactive ketones (excluding diaryl/α,β-unsaturated/α-hetero) is 2. The standard InChI is InChI=1S/2C46H54FN5O7S2.C4H8O2/c2*1-27(2)37-26-60-42(50-37)36-22-34-28(3)40(58-5)17-16-33(34)41(49-36)59-32-21-38-39(53)24-46(44(55)51-61(56,57)45(4)18-19-45)23-29(46)12-9-7-6-8-10-15-35(43(54)52(38)25-32)48-31-14-11-13-30(47)20-31;1-3-6-4(2)5/h2*9,11-14,16-17,20,22,26-27,29,32,35,38,48H,6-8,10,15,18-19,21,23-25H2,1-5H3,(H,51,55);3H2,1-2H3/b2*12-9-;/t2*29-,32-,35+,38+,46-;/m11./s1. The highest BCUT2D eigenvalue weighted by molar-refractivity contribution is 7.92. The van der Waals surface area contributed by atoms with Crippen molar-refractivity contribution in [3.8, 4) is 44.7 Å². The molecule has 6 fully saturated rings. The lowest BCUT2D eigenvalue weighted by Crippen LogP contribution is -2.49. The predicted molar refractivity (Wildman–Crippen MR) is 490 cm³/mol. The SMILES string of the molecule is CCOC(C)=O.COc1ccc2c(O[C@@H]3C[C@H]4C(=O)C[C@]5(C(=O)NS(=O)(=O)C6(C)CC6)C[C@H]5/C=C\CCCCC[C@H](Nc5cccc(F)c5)C(=O)N4C3)nc(-c3nc(C(C)C)cs3)cc2c1C.COc1ccc2c(O[C@@H]3C[C@H]4C(=O)C[C@]5(C(=O)NS(=O)(=O)C6(C)CC6)C[C@H]5/C=C\CCCCC[C@H](Nc5cccc(F)c5)C(=O)N4C3)nc(-c3nc(C(C)C)cs3)cc2c1C. The molecule has 4 aliphatic carbocycles. The third-order valence-electron chi connectivity index (χ3n) is 26.4. The fraction of sp³-hybridized carbons (Fsp3) is 0.510. The number of carbonyl (C=O) groups is 7. The number of nitrogens with one attached hydrogen (secondary N) is 4. The van der Waals surface area contributed by atoms with Crippen molar-refractivity contribution >= 4 is 117 Å². The summed E-state index contributed by atoms with van der Waals surface area (Å²) >= 11 is 2.98. The molecule has 26 nitrogen and oxygen atoms in total. The summed E-state index contributed by atoms with van der Waals surface area (Å²) in [6.45, 7) is 19.2. The molecule has 8 heterocycles. The van der Waals surface area contributed by atoms with Gasteiger partial charge in [0.15, 0.2) is 11.6 Å². The van der Waals surface area contributed by atoms with E-state index in [1.807, 2.05) is 85.3 Å². The van der Waals surface area contributed by atoms with Crippen molar-refractivity contribution in [3.63, 3.8) is 0 Å². The van der Waals surface area contributed by atoms with Crippen molar-refractivity contribution < 1.29 is 82.9 Å². The van der Waals surface area contributed by atoms with Crippen LogP contribution in [0, 0.1) is 48.1 Å². The Morgan fingerprint density at radius 3 is 1.30 bits per heavy atom. The quantitative estimate of drug-likeness (QED) is 0.0383. The second-order valence-corrected chi connectivity index (χ2v) is 42.6. The fourth-order valence-corrected chi connectivity index (χ4v) is 22.2. The molecule has 4 N–H and O–H groups in total. The van der Waals surface area contributed by atoms with Gasteiger partial charge in [0.25, 0.3) is 0 Å². The predicted octanol–water partition coefficient (Wildman–Crippen LogP) is 17.1. The Labute approximate surface area is 755 Å². The van der Waals surface area contributed by atoms with E-state index in [2.05, 4.69) is 52.5 Å². The molecule has 684 valence electrons. The van der Waals surface area contributed by atoms with Crippen molar-refractivity contribution in [2.24, 2.45) is 22.7 Å². The number of methoxy groups -OCH3 is 2. The molecule has 4 aromatic heterocycles. The molecule has 2 saturated heterocycles. The summed E-state index contributed by atoms with van der Waals surface area (Å²) in [5.41, 5.74) is 3.24. The second kappa shape index (κ2) is 38.8. The molecule has 0 spiro atoms. The number of allylic oxidation sites excluding steroid dienone is 4. The number of halogens is 2. The number of ketones is 2. The molecular weight excluding hydrogens is 1720 g/mol. The van der Waals surface area contributed by atoms with Gasteiger partial charge < -0.3 is 44.1 Å². The average Bonchev–Trinajstić information content (AvgIpc) is 1.56. The zero-order valence-corrected chi connectivity index (χ0v) is 78.0. The number of benzene rings is 4. The largest absolute Gasteiger partial charge is 0.496 e. The lowest BCUT2D eigenvalue weighted by molar-refractivity contribution is -0.140. The van der Waals surface area contributed by atoms with Crippen molar-refractivity contribution in [3.05, 3.63) is 154 Å². The van der Waals surface area contributed by atoms with Crippen LogP contribution in [-0.4, -0.2) is 168 Å². The van der Waals surface area contributed by atoms with Crippen LogP contribution in [0.2, 0.25) is 0 Å². The zero-order chi connectivity index (χ0) is 91.5. The molecule has 32 heteroatoms. The highest BCUT2D eigenvalue weighted by atomic mass is 32.2. The number of aromatic nitrogens is 4. The van der Waals surface area contributed by atoms with E-state index < -0.39 is 100 Å². The van der Waals surface area contributed by atoms with Gasteiger partial charge in [-0.05, 0) is 230 Å². The van der Waals surface area contributed by atoms with E-state index >= 15 is 0 Å². The smallest absolute Gasteiger partial charge is 0.302 e. The van der Waals surface area contributed by atoms with E-state index in [1.54, 1.807) is 69.1 Å². The van der Waals surface area contributed by atoms with E-state index in [1.165, 1.54) is 53.9 Å². The van der Waals surface area contributed by atoms with Crippen LogP contribution in [0.15, 0.2) is 120 Å². The van der Waals surface area contributed by atoms with Crippen LogP contribution in [0.3, 0.4) is 0 Å². The molecule has 10 atom stereocenters. The molecule has 0 unspecified atom stereocenters. The summed E-state index contributed by atoms with van der Waals surface area (Å²) in [4.78, 5) is 120. The topological polar surface area (TPSA) is 340 Å². The number of sulfonamides is 2. The maximum Gasteiger partial charge on any atom is 0.302 e. The van der Waals surface area contributed by atoms with Crippen LogP contribution in [0.4, 0.5) is 20.2 Å². The number of fused-ring (bicyclic) bond motifs is 6. The number of anilines is 2. The Bertz CT molecular complexity index is 5510. The minimum atomic E-state index is -3.97. The van der Waals surface area contributed by atoms with Crippen LogP contribution < -0.4 is 39.0 Å². The van der Waals surface area contributed by atoms with Crippen molar-refractivity contribution in [2.75, 3.05) is 44.5 Å². The van der Waals surface area contributed by atoms with Crippen LogP contribution in [-0.2, 0) is 58.3 Å². The van der Waals surface area contributed by atoms with Gasteiger partial charge in [0.2, 0.25) is 55.4 Å². The number of amides is 4. The van der Waals surface area contributed by atoms with Crippen molar-refractivity contribution in [2.45, 2.75) is 255 Å². The van der Waals surface area contributed by atoms with Gasteiger partial charge >= 0.3 is 5.97 Å². The minimum absolute atomic E-state index is 0.0448. The van der Waals surface area contributed by atoms with Gasteiger partial charge in [-0.1, -0.05) is 89.8 Å². The molecule has 0 bridgehead atoms. The van der Waals surface area contributed by atoms with E-state index in [-0.39, 0.29) is 91.8 Å². The number of ether oxygens (including phenoxy) is 5. The first-order valence-electron chi connectivity index (χ1n) is 44.5. The molecule has 4 aromatic carbocycles. The minimum Gasteiger partial charge on any atom is -0.496 e. The fourth-order valence-electron chi connectivity index (χ4n) is 17.7. The Kier molecular flexibility index (Phi) is 28.4. The number of pyridine rings is 2. The van der Waals surface area contributed by atoms with Crippen LogP contribution in [0.1, 0.15) is 218 Å². The molecule has 16 rings (SSSR count). The molecule has 4 saturated carbocycles. The van der Waals surface area contributed by atoms with Gasteiger partial charge in [0.05, 0.1) is 77.7 Å². The summed E-state index contributed by atoms with van der Waals surface area (Å²) < 4.78 is 114. The van der Waals surface area contributed by atoms with E-state index in [9.17, 15) is 59.2 Å².